The number of nitrogens with two attached hydrogens (primary N) is 1. The van der Waals surface area contributed by atoms with Gasteiger partial charge in [-0.2, -0.15) is 0 Å². The molecular formula is C12H9Cl3N2O. The van der Waals surface area contributed by atoms with Gasteiger partial charge in [0, 0.05) is 16.8 Å². The molecule has 1 heterocycles. The molecule has 1 aromatic carbocycles. The lowest BCUT2D eigenvalue weighted by molar-refractivity contribution is 0.281. The van der Waals surface area contributed by atoms with Gasteiger partial charge in [-0.15, -0.1) is 0 Å². The number of pyridine rings is 1. The first kappa shape index (κ1) is 13.4. The average Bonchev–Trinajstić information content (AvgIpc) is 2.34. The highest BCUT2D eigenvalue weighted by molar-refractivity contribution is 6.45. The third-order valence-electron chi connectivity index (χ3n) is 2.40. The van der Waals surface area contributed by atoms with Crippen LogP contribution in [-0.2, 0) is 6.61 Å². The predicted molar refractivity (Wildman–Crippen MR) is 75.0 cm³/mol. The summed E-state index contributed by atoms with van der Waals surface area (Å²) in [4.78, 5) is 4.18. The summed E-state index contributed by atoms with van der Waals surface area (Å²) in [5, 5.41) is 10.1. The highest BCUT2D eigenvalue weighted by Crippen LogP contribution is 2.37. The molecule has 0 aliphatic carbocycles. The molecule has 0 fully saturated rings. The number of hydrogen-bond donors (Lipinski definition) is 2. The van der Waals surface area contributed by atoms with Crippen molar-refractivity contribution in [1.82, 2.24) is 4.98 Å². The van der Waals surface area contributed by atoms with Crippen molar-refractivity contribution in [3.05, 3.63) is 45.0 Å². The summed E-state index contributed by atoms with van der Waals surface area (Å²) in [5.41, 5.74) is 7.96. The zero-order valence-corrected chi connectivity index (χ0v) is 11.4. The van der Waals surface area contributed by atoms with E-state index >= 15 is 0 Å². The van der Waals surface area contributed by atoms with Gasteiger partial charge in [-0.05, 0) is 23.8 Å². The molecule has 0 bridgehead atoms. The van der Waals surface area contributed by atoms with Crippen LogP contribution in [0, 0.1) is 0 Å². The number of aliphatic hydroxyl groups excluding tert-OH is 1. The fourth-order valence-electron chi connectivity index (χ4n) is 1.57. The SMILES string of the molecule is Nc1cc(CO)cnc1-c1cc(Cl)cc(Cl)c1Cl. The Balaban J connectivity index is 2.62. The smallest absolute Gasteiger partial charge is 0.0947 e. The Bertz CT molecular complexity index is 602. The first-order valence-electron chi connectivity index (χ1n) is 5.03. The van der Waals surface area contributed by atoms with Crippen LogP contribution in [0.5, 0.6) is 0 Å². The molecular weight excluding hydrogens is 295 g/mol. The third kappa shape index (κ3) is 2.54. The second kappa shape index (κ2) is 5.33. The van der Waals surface area contributed by atoms with Crippen LogP contribution in [0.2, 0.25) is 15.1 Å². The molecule has 0 aliphatic heterocycles. The minimum atomic E-state index is -0.123. The number of aliphatic hydroxyl groups is 1. The van der Waals surface area contributed by atoms with E-state index in [2.05, 4.69) is 4.98 Å². The summed E-state index contributed by atoms with van der Waals surface area (Å²) in [6.45, 7) is -0.123. The Morgan fingerprint density at radius 2 is 1.89 bits per heavy atom. The first-order chi connectivity index (χ1) is 8.52. The largest absolute Gasteiger partial charge is 0.397 e. The monoisotopic (exact) mass is 302 g/mol. The van der Waals surface area contributed by atoms with Crippen molar-refractivity contribution in [2.24, 2.45) is 0 Å². The summed E-state index contributed by atoms with van der Waals surface area (Å²) >= 11 is 18.0. The molecule has 0 unspecified atom stereocenters. The number of rotatable bonds is 2. The Morgan fingerprint density at radius 3 is 2.50 bits per heavy atom. The summed E-state index contributed by atoms with van der Waals surface area (Å²) in [5.74, 6) is 0. The van der Waals surface area contributed by atoms with E-state index < -0.39 is 0 Å². The van der Waals surface area contributed by atoms with Crippen LogP contribution in [0.15, 0.2) is 24.4 Å². The second-order valence-electron chi connectivity index (χ2n) is 3.69. The maximum Gasteiger partial charge on any atom is 0.0947 e. The van der Waals surface area contributed by atoms with Crippen molar-refractivity contribution in [2.45, 2.75) is 6.61 Å². The fraction of sp³-hybridized carbons (Fsp3) is 0.0833. The lowest BCUT2D eigenvalue weighted by atomic mass is 10.1. The molecule has 0 radical (unpaired) electrons. The summed E-state index contributed by atoms with van der Waals surface area (Å²) in [7, 11) is 0. The van der Waals surface area contributed by atoms with Crippen LogP contribution in [0.1, 0.15) is 5.56 Å². The number of aromatic nitrogens is 1. The summed E-state index contributed by atoms with van der Waals surface area (Å²) in [6.07, 6.45) is 1.52. The molecule has 1 aromatic heterocycles. The zero-order chi connectivity index (χ0) is 13.3. The highest BCUT2D eigenvalue weighted by atomic mass is 35.5. The number of halogens is 3. The zero-order valence-electron chi connectivity index (χ0n) is 9.12. The van der Waals surface area contributed by atoms with Crippen LogP contribution in [0.3, 0.4) is 0 Å². The lowest BCUT2D eigenvalue weighted by Gasteiger charge is -2.10. The topological polar surface area (TPSA) is 59.1 Å². The van der Waals surface area contributed by atoms with Crippen molar-refractivity contribution in [3.63, 3.8) is 0 Å². The first-order valence-corrected chi connectivity index (χ1v) is 6.16. The molecule has 2 aromatic rings. The molecule has 0 atom stereocenters. The third-order valence-corrected chi connectivity index (χ3v) is 3.42. The van der Waals surface area contributed by atoms with Gasteiger partial charge in [0.2, 0.25) is 0 Å². The molecule has 18 heavy (non-hydrogen) atoms. The standard InChI is InChI=1S/C12H9Cl3N2O/c13-7-2-8(11(15)9(14)3-7)12-10(16)1-6(5-18)4-17-12/h1-4,18H,5,16H2. The molecule has 0 saturated heterocycles. The number of anilines is 1. The van der Waals surface area contributed by atoms with E-state index in [1.807, 2.05) is 0 Å². The molecule has 3 nitrogen and oxygen atoms in total. The van der Waals surface area contributed by atoms with Crippen molar-refractivity contribution in [1.29, 1.82) is 0 Å². The minimum Gasteiger partial charge on any atom is -0.397 e. The Kier molecular flexibility index (Phi) is 3.97. The lowest BCUT2D eigenvalue weighted by Crippen LogP contribution is -1.97. The summed E-state index contributed by atoms with van der Waals surface area (Å²) in [6, 6.07) is 4.83. The van der Waals surface area contributed by atoms with Gasteiger partial charge in [-0.1, -0.05) is 34.8 Å². The Hall–Kier alpha value is -1.000. The van der Waals surface area contributed by atoms with Crippen molar-refractivity contribution >= 4 is 40.5 Å². The van der Waals surface area contributed by atoms with Gasteiger partial charge in [0.25, 0.3) is 0 Å². The van der Waals surface area contributed by atoms with Crippen molar-refractivity contribution in [3.8, 4) is 11.3 Å². The van der Waals surface area contributed by atoms with Gasteiger partial charge in [-0.25, -0.2) is 0 Å². The molecule has 0 saturated carbocycles. The van der Waals surface area contributed by atoms with Gasteiger partial charge >= 0.3 is 0 Å². The maximum absolute atomic E-state index is 9.00. The quantitative estimate of drug-likeness (QED) is 0.830. The van der Waals surface area contributed by atoms with Gasteiger partial charge in [-0.3, -0.25) is 4.98 Å². The van der Waals surface area contributed by atoms with Gasteiger partial charge in [0.05, 0.1) is 28.0 Å². The van der Waals surface area contributed by atoms with Crippen molar-refractivity contribution in [2.75, 3.05) is 5.73 Å². The Labute approximate surface area is 119 Å². The average molecular weight is 304 g/mol. The molecule has 0 spiro atoms. The minimum absolute atomic E-state index is 0.123. The van der Waals surface area contributed by atoms with E-state index in [0.717, 1.165) is 0 Å². The van der Waals surface area contributed by atoms with Gasteiger partial charge in [0.15, 0.2) is 0 Å². The van der Waals surface area contributed by atoms with Crippen LogP contribution < -0.4 is 5.73 Å². The predicted octanol–water partition coefficient (Wildman–Crippen LogP) is 3.78. The van der Waals surface area contributed by atoms with Crippen LogP contribution >= 0.6 is 34.8 Å². The van der Waals surface area contributed by atoms with E-state index in [1.54, 1.807) is 18.2 Å². The van der Waals surface area contributed by atoms with Crippen LogP contribution in [0.25, 0.3) is 11.3 Å². The number of nitrogen functional groups attached to an aromatic ring is 1. The van der Waals surface area contributed by atoms with Gasteiger partial charge < -0.3 is 10.8 Å². The Morgan fingerprint density at radius 1 is 1.17 bits per heavy atom. The van der Waals surface area contributed by atoms with E-state index in [0.29, 0.717) is 37.6 Å². The number of hydrogen-bond acceptors (Lipinski definition) is 3. The molecule has 2 rings (SSSR count). The highest BCUT2D eigenvalue weighted by Gasteiger charge is 2.13. The van der Waals surface area contributed by atoms with Crippen molar-refractivity contribution < 1.29 is 5.11 Å². The van der Waals surface area contributed by atoms with Crippen LogP contribution in [0.4, 0.5) is 5.69 Å². The molecule has 0 aliphatic rings. The van der Waals surface area contributed by atoms with E-state index in [9.17, 15) is 0 Å². The van der Waals surface area contributed by atoms with E-state index in [-0.39, 0.29) is 6.61 Å². The fourth-order valence-corrected chi connectivity index (χ4v) is 2.26. The van der Waals surface area contributed by atoms with E-state index in [4.69, 9.17) is 45.6 Å². The number of benzene rings is 1. The normalized spacial score (nSPS) is 10.7. The molecule has 3 N–H and O–H groups in total. The summed E-state index contributed by atoms with van der Waals surface area (Å²) < 4.78 is 0. The number of nitrogens with zero attached hydrogens (tertiary/aromatic N) is 1. The molecule has 6 heteroatoms. The van der Waals surface area contributed by atoms with E-state index in [1.165, 1.54) is 6.20 Å². The molecule has 0 amide bonds. The second-order valence-corrected chi connectivity index (χ2v) is 4.91. The van der Waals surface area contributed by atoms with Gasteiger partial charge in [0.1, 0.15) is 0 Å². The maximum atomic E-state index is 9.00. The van der Waals surface area contributed by atoms with Crippen LogP contribution in [-0.4, -0.2) is 10.1 Å². The molecule has 94 valence electrons.